The second kappa shape index (κ2) is 8.79. The summed E-state index contributed by atoms with van der Waals surface area (Å²) in [4.78, 5) is 27.3. The molecule has 1 aliphatic heterocycles. The lowest BCUT2D eigenvalue weighted by Gasteiger charge is -2.57. The van der Waals surface area contributed by atoms with Gasteiger partial charge >= 0.3 is 0 Å². The van der Waals surface area contributed by atoms with Crippen molar-refractivity contribution in [3.63, 3.8) is 0 Å². The largest absolute Gasteiger partial charge is 0.342 e. The molecule has 184 valence electrons. The smallest absolute Gasteiger partial charge is 0.247 e. The van der Waals surface area contributed by atoms with Crippen LogP contribution in [0.25, 0.3) is 0 Å². The third-order valence-corrected chi connectivity index (χ3v) is 10.6. The number of hydrogen-bond donors (Lipinski definition) is 1. The summed E-state index contributed by atoms with van der Waals surface area (Å²) in [7, 11) is -1.69. The molecule has 0 atom stereocenters. The highest BCUT2D eigenvalue weighted by atomic mass is 32.2. The van der Waals surface area contributed by atoms with E-state index in [1.54, 1.807) is 12.1 Å². The summed E-state index contributed by atoms with van der Waals surface area (Å²) in [6.07, 6.45) is 9.58. The van der Waals surface area contributed by atoms with Gasteiger partial charge in [-0.2, -0.15) is 4.31 Å². The van der Waals surface area contributed by atoms with E-state index in [-0.39, 0.29) is 22.3 Å². The summed E-state index contributed by atoms with van der Waals surface area (Å²) in [5, 5.41) is 2.62. The van der Waals surface area contributed by atoms with Crippen LogP contribution in [0.5, 0.6) is 0 Å². The highest BCUT2D eigenvalue weighted by molar-refractivity contribution is 7.89. The van der Waals surface area contributed by atoms with Gasteiger partial charge in [-0.1, -0.05) is 6.58 Å². The van der Waals surface area contributed by atoms with Crippen molar-refractivity contribution in [3.8, 4) is 0 Å². The molecule has 8 heteroatoms. The Kier molecular flexibility index (Phi) is 6.09. The van der Waals surface area contributed by atoms with Crippen molar-refractivity contribution in [1.29, 1.82) is 0 Å². The van der Waals surface area contributed by atoms with Gasteiger partial charge in [0.1, 0.15) is 0 Å². The van der Waals surface area contributed by atoms with Crippen molar-refractivity contribution in [1.82, 2.24) is 9.21 Å². The second-order valence-corrected chi connectivity index (χ2v) is 12.9. The summed E-state index contributed by atoms with van der Waals surface area (Å²) < 4.78 is 27.8. The molecule has 4 aliphatic carbocycles. The number of nitrogens with zero attached hydrogens (tertiary/aromatic N) is 2. The molecule has 4 saturated carbocycles. The number of sulfonamides is 1. The van der Waals surface area contributed by atoms with Gasteiger partial charge in [0.15, 0.2) is 0 Å². The normalized spacial score (nSPS) is 31.3. The van der Waals surface area contributed by atoms with E-state index in [0.29, 0.717) is 37.5 Å². The summed E-state index contributed by atoms with van der Waals surface area (Å²) in [6, 6.07) is 6.28. The van der Waals surface area contributed by atoms with Gasteiger partial charge in [0, 0.05) is 31.9 Å². The first kappa shape index (κ1) is 23.5. The molecule has 1 saturated heterocycles. The molecule has 5 aliphatic rings. The first-order chi connectivity index (χ1) is 16.2. The van der Waals surface area contributed by atoms with Gasteiger partial charge in [0.2, 0.25) is 21.8 Å². The third-order valence-electron chi connectivity index (χ3n) is 8.73. The Morgan fingerprint density at radius 1 is 1.03 bits per heavy atom. The Hall–Kier alpha value is -2.19. The van der Waals surface area contributed by atoms with Gasteiger partial charge in [0.05, 0.1) is 10.3 Å². The van der Waals surface area contributed by atoms with E-state index in [2.05, 4.69) is 11.9 Å². The van der Waals surface area contributed by atoms with E-state index in [1.807, 2.05) is 11.9 Å². The van der Waals surface area contributed by atoms with Gasteiger partial charge in [-0.3, -0.25) is 9.59 Å². The molecule has 1 heterocycles. The zero-order valence-corrected chi connectivity index (χ0v) is 20.7. The zero-order chi connectivity index (χ0) is 24.1. The fourth-order valence-electron chi connectivity index (χ4n) is 7.43. The molecule has 1 aromatic rings. The van der Waals surface area contributed by atoms with E-state index in [0.717, 1.165) is 37.0 Å². The monoisotopic (exact) mass is 485 g/mol. The highest BCUT2D eigenvalue weighted by Gasteiger charge is 2.55. The van der Waals surface area contributed by atoms with Gasteiger partial charge in [-0.05, 0) is 99.5 Å². The van der Waals surface area contributed by atoms with Crippen molar-refractivity contribution in [2.24, 2.45) is 23.2 Å². The molecule has 6 rings (SSSR count). The molecule has 5 fully saturated rings. The lowest BCUT2D eigenvalue weighted by molar-refractivity contribution is -0.159. The fourth-order valence-corrected chi connectivity index (χ4v) is 8.90. The first-order valence-electron chi connectivity index (χ1n) is 12.5. The molecule has 0 radical (unpaired) electrons. The van der Waals surface area contributed by atoms with Crippen LogP contribution in [0.2, 0.25) is 0 Å². The van der Waals surface area contributed by atoms with E-state index in [9.17, 15) is 18.0 Å². The Labute approximate surface area is 202 Å². The molecule has 7 nitrogen and oxygen atoms in total. The first-order valence-corrected chi connectivity index (χ1v) is 13.9. The summed E-state index contributed by atoms with van der Waals surface area (Å²) in [6.45, 7) is 4.22. The maximum atomic E-state index is 13.7. The van der Waals surface area contributed by atoms with Crippen LogP contribution in [0.4, 0.5) is 5.69 Å². The van der Waals surface area contributed by atoms with Crippen LogP contribution in [0.1, 0.15) is 51.4 Å². The Morgan fingerprint density at radius 3 is 2.06 bits per heavy atom. The predicted molar refractivity (Wildman–Crippen MR) is 130 cm³/mol. The molecular weight excluding hydrogens is 450 g/mol. The molecule has 1 N–H and O–H groups in total. The van der Waals surface area contributed by atoms with E-state index < -0.39 is 10.0 Å². The molecule has 1 aromatic carbocycles. The minimum atomic E-state index is -3.62. The van der Waals surface area contributed by atoms with Crippen LogP contribution >= 0.6 is 0 Å². The minimum Gasteiger partial charge on any atom is -0.342 e. The summed E-state index contributed by atoms with van der Waals surface area (Å²) in [5.74, 6) is 2.15. The van der Waals surface area contributed by atoms with Crippen molar-refractivity contribution in [3.05, 3.63) is 36.9 Å². The van der Waals surface area contributed by atoms with Crippen molar-refractivity contribution < 1.29 is 18.0 Å². The van der Waals surface area contributed by atoms with E-state index in [4.69, 9.17) is 0 Å². The topological polar surface area (TPSA) is 86.8 Å². The number of hydrogen-bond acceptors (Lipinski definition) is 4. The van der Waals surface area contributed by atoms with Gasteiger partial charge < -0.3 is 10.2 Å². The lowest BCUT2D eigenvalue weighted by atomic mass is 9.49. The number of rotatable bonds is 6. The second-order valence-electron chi connectivity index (χ2n) is 11.0. The number of piperidine rings is 1. The molecule has 0 aromatic heterocycles. The van der Waals surface area contributed by atoms with Crippen LogP contribution in [-0.4, -0.2) is 55.6 Å². The maximum Gasteiger partial charge on any atom is 0.247 e. The molecule has 34 heavy (non-hydrogen) atoms. The quantitative estimate of drug-likeness (QED) is 0.624. The predicted octanol–water partition coefficient (Wildman–Crippen LogP) is 3.64. The zero-order valence-electron chi connectivity index (χ0n) is 19.9. The Morgan fingerprint density at radius 2 is 1.56 bits per heavy atom. The number of carbonyl (C=O) groups is 2. The summed E-state index contributed by atoms with van der Waals surface area (Å²) >= 11 is 0. The molecule has 2 amide bonds. The van der Waals surface area contributed by atoms with Gasteiger partial charge in [-0.25, -0.2) is 8.42 Å². The number of amides is 2. The average molecular weight is 486 g/mol. The number of anilines is 1. The molecule has 0 unspecified atom stereocenters. The van der Waals surface area contributed by atoms with E-state index in [1.165, 1.54) is 41.8 Å². The van der Waals surface area contributed by atoms with Crippen LogP contribution in [0.15, 0.2) is 41.8 Å². The van der Waals surface area contributed by atoms with Crippen LogP contribution < -0.4 is 5.32 Å². The Bertz CT molecular complexity index is 1040. The summed E-state index contributed by atoms with van der Waals surface area (Å²) in [5.41, 5.74) is 0.363. The van der Waals surface area contributed by atoms with Crippen molar-refractivity contribution in [2.45, 2.75) is 62.3 Å². The van der Waals surface area contributed by atoms with Crippen LogP contribution in [0, 0.1) is 23.2 Å². The number of nitrogens with one attached hydrogen (secondary N) is 1. The van der Waals surface area contributed by atoms with Crippen molar-refractivity contribution >= 4 is 27.5 Å². The maximum absolute atomic E-state index is 13.7. The fraction of sp³-hybridized carbons (Fsp3) is 0.615. The third kappa shape index (κ3) is 4.19. The molecule has 0 spiro atoms. The van der Waals surface area contributed by atoms with Gasteiger partial charge in [0.25, 0.3) is 0 Å². The average Bonchev–Trinajstić information content (AvgIpc) is 2.82. The standard InChI is InChI=1S/C26H35N3O4S/c1-3-24(30)27-21-4-6-23(7-5-21)34(32,33)29-10-8-22(9-11-29)28(2)25(31)26-15-18-12-19(16-26)14-20(13-18)17-26/h3-7,18-20,22H,1,8-17H2,2H3,(H,27,30). The molecular formula is C26H35N3O4S. The van der Waals surface area contributed by atoms with Gasteiger partial charge in [-0.15, -0.1) is 0 Å². The minimum absolute atomic E-state index is 0.0865. The van der Waals surface area contributed by atoms with Crippen molar-refractivity contribution in [2.75, 3.05) is 25.5 Å². The van der Waals surface area contributed by atoms with E-state index >= 15 is 0 Å². The number of benzene rings is 1. The lowest BCUT2D eigenvalue weighted by Crippen LogP contribution is -2.56. The Balaban J connectivity index is 1.21. The van der Waals surface area contributed by atoms with Crippen LogP contribution in [0.3, 0.4) is 0 Å². The van der Waals surface area contributed by atoms with Crippen LogP contribution in [-0.2, 0) is 19.6 Å². The highest BCUT2D eigenvalue weighted by Crippen LogP contribution is 2.60. The SMILES string of the molecule is C=CC(=O)Nc1ccc(S(=O)(=O)N2CCC(N(C)C(=O)C34CC5CC(CC(C5)C3)C4)CC2)cc1. The molecule has 4 bridgehead atoms. The number of carbonyl (C=O) groups excluding carboxylic acids is 2.